The molecule has 0 fully saturated rings. The van der Waals surface area contributed by atoms with Gasteiger partial charge in [0.2, 0.25) is 17.5 Å². The van der Waals surface area contributed by atoms with Crippen LogP contribution in [0.25, 0.3) is 0 Å². The quantitative estimate of drug-likeness (QED) is 0.831. The first kappa shape index (κ1) is 13.7. The van der Waals surface area contributed by atoms with Gasteiger partial charge in [0.05, 0.1) is 7.11 Å². The first-order chi connectivity index (χ1) is 9.65. The summed E-state index contributed by atoms with van der Waals surface area (Å²) in [4.78, 5) is 5.78. The lowest BCUT2D eigenvalue weighted by atomic mass is 10.3. The Kier molecular flexibility index (Phi) is 4.11. The monoisotopic (exact) mass is 273 g/mol. The molecule has 0 aliphatic rings. The lowest BCUT2D eigenvalue weighted by Crippen LogP contribution is -2.08. The number of rotatable bonds is 5. The topological polar surface area (TPSA) is 71.5 Å². The molecule has 6 heteroatoms. The summed E-state index contributed by atoms with van der Waals surface area (Å²) in [6, 6.07) is 9.29. The van der Waals surface area contributed by atoms with Gasteiger partial charge in [-0.2, -0.15) is 10.2 Å². The van der Waals surface area contributed by atoms with Crippen molar-refractivity contribution in [3.63, 3.8) is 0 Å². The van der Waals surface area contributed by atoms with Crippen LogP contribution in [0.2, 0.25) is 0 Å². The molecule has 1 aromatic carbocycles. The van der Waals surface area contributed by atoms with Gasteiger partial charge < -0.3 is 18.8 Å². The van der Waals surface area contributed by atoms with Crippen LogP contribution in [0.4, 0.5) is 5.88 Å². The Balaban J connectivity index is 2.13. The number of ether oxygens (including phenoxy) is 2. The van der Waals surface area contributed by atoms with E-state index < -0.39 is 0 Å². The highest BCUT2D eigenvalue weighted by molar-refractivity contribution is 5.46. The molecular formula is C14H15N3O3. The third-order valence-electron chi connectivity index (χ3n) is 2.59. The molecule has 0 aliphatic carbocycles. The molecule has 0 radical (unpaired) electrons. The zero-order chi connectivity index (χ0) is 14.5. The Labute approximate surface area is 117 Å². The van der Waals surface area contributed by atoms with Crippen molar-refractivity contribution < 1.29 is 13.9 Å². The van der Waals surface area contributed by atoms with Crippen LogP contribution in [-0.2, 0) is 6.61 Å². The number of oxazole rings is 1. The van der Waals surface area contributed by atoms with Crippen molar-refractivity contribution in [3.8, 4) is 17.6 Å². The maximum atomic E-state index is 8.99. The molecule has 0 aliphatic heterocycles. The zero-order valence-electron chi connectivity index (χ0n) is 11.6. The van der Waals surface area contributed by atoms with Crippen molar-refractivity contribution in [1.29, 1.82) is 5.26 Å². The van der Waals surface area contributed by atoms with Crippen molar-refractivity contribution in [2.24, 2.45) is 0 Å². The molecule has 6 nitrogen and oxygen atoms in total. The van der Waals surface area contributed by atoms with Gasteiger partial charge in [-0.3, -0.25) is 0 Å². The van der Waals surface area contributed by atoms with E-state index in [1.54, 1.807) is 38.2 Å². The summed E-state index contributed by atoms with van der Waals surface area (Å²) >= 11 is 0. The third kappa shape index (κ3) is 2.83. The number of hydrogen-bond acceptors (Lipinski definition) is 6. The second-order valence-electron chi connectivity index (χ2n) is 4.21. The Morgan fingerprint density at radius 2 is 2.00 bits per heavy atom. The third-order valence-corrected chi connectivity index (χ3v) is 2.59. The number of benzene rings is 1. The molecule has 20 heavy (non-hydrogen) atoms. The minimum Gasteiger partial charge on any atom is -0.493 e. The fourth-order valence-electron chi connectivity index (χ4n) is 1.67. The number of nitrogens with zero attached hydrogens (tertiary/aromatic N) is 3. The van der Waals surface area contributed by atoms with E-state index >= 15 is 0 Å². The van der Waals surface area contributed by atoms with E-state index in [2.05, 4.69) is 4.98 Å². The van der Waals surface area contributed by atoms with Gasteiger partial charge >= 0.3 is 0 Å². The number of nitriles is 1. The predicted molar refractivity (Wildman–Crippen MR) is 72.9 cm³/mol. The molecule has 104 valence electrons. The Bertz CT molecular complexity index is 629. The van der Waals surface area contributed by atoms with Crippen LogP contribution in [0, 0.1) is 11.3 Å². The molecule has 2 aromatic rings. The molecule has 0 saturated heterocycles. The lowest BCUT2D eigenvalue weighted by Gasteiger charge is -2.08. The molecule has 2 rings (SSSR count). The maximum Gasteiger partial charge on any atom is 0.236 e. The number of anilines is 1. The summed E-state index contributed by atoms with van der Waals surface area (Å²) in [5.74, 6) is 1.99. The van der Waals surface area contributed by atoms with Crippen molar-refractivity contribution in [3.05, 3.63) is 35.9 Å². The van der Waals surface area contributed by atoms with Gasteiger partial charge in [-0.15, -0.1) is 0 Å². The van der Waals surface area contributed by atoms with E-state index in [-0.39, 0.29) is 12.3 Å². The van der Waals surface area contributed by atoms with E-state index in [1.165, 1.54) is 0 Å². The average molecular weight is 273 g/mol. The zero-order valence-corrected chi connectivity index (χ0v) is 11.6. The molecule has 0 spiro atoms. The second kappa shape index (κ2) is 5.97. The highest BCUT2D eigenvalue weighted by atomic mass is 16.5. The van der Waals surface area contributed by atoms with Crippen LogP contribution in [0.3, 0.4) is 0 Å². The minimum atomic E-state index is 0.128. The fourth-order valence-corrected chi connectivity index (χ4v) is 1.67. The number of aromatic nitrogens is 1. The van der Waals surface area contributed by atoms with Gasteiger partial charge in [0.15, 0.2) is 18.1 Å². The fraction of sp³-hybridized carbons (Fsp3) is 0.286. The van der Waals surface area contributed by atoms with Crippen LogP contribution < -0.4 is 14.4 Å². The minimum absolute atomic E-state index is 0.128. The van der Waals surface area contributed by atoms with Gasteiger partial charge in [0.25, 0.3) is 0 Å². The normalized spacial score (nSPS) is 9.90. The van der Waals surface area contributed by atoms with E-state index in [9.17, 15) is 0 Å². The van der Waals surface area contributed by atoms with Crippen LogP contribution in [0.5, 0.6) is 11.5 Å². The van der Waals surface area contributed by atoms with Gasteiger partial charge in [-0.1, -0.05) is 12.1 Å². The SMILES string of the molecule is COc1ccccc1OCc1nc(C#N)c(N(C)C)o1. The Morgan fingerprint density at radius 1 is 1.30 bits per heavy atom. The van der Waals surface area contributed by atoms with Gasteiger partial charge in [-0.25, -0.2) is 0 Å². The molecule has 1 aromatic heterocycles. The van der Waals surface area contributed by atoms with Crippen molar-refractivity contribution in [1.82, 2.24) is 4.98 Å². The molecule has 0 amide bonds. The average Bonchev–Trinajstić information content (AvgIpc) is 2.89. The molecule has 1 heterocycles. The smallest absolute Gasteiger partial charge is 0.236 e. The first-order valence-corrected chi connectivity index (χ1v) is 5.98. The Morgan fingerprint density at radius 3 is 2.55 bits per heavy atom. The van der Waals surface area contributed by atoms with E-state index in [0.717, 1.165) is 0 Å². The summed E-state index contributed by atoms with van der Waals surface area (Å²) in [6.07, 6.45) is 0. The van der Waals surface area contributed by atoms with Crippen LogP contribution in [0.1, 0.15) is 11.6 Å². The van der Waals surface area contributed by atoms with Crippen molar-refractivity contribution in [2.45, 2.75) is 6.61 Å². The number of hydrogen-bond donors (Lipinski definition) is 0. The van der Waals surface area contributed by atoms with Gasteiger partial charge in [-0.05, 0) is 12.1 Å². The van der Waals surface area contributed by atoms with Gasteiger partial charge in [0, 0.05) is 14.1 Å². The maximum absolute atomic E-state index is 8.99. The standard InChI is InChI=1S/C14H15N3O3/c1-17(2)14-10(8-15)16-13(20-14)9-19-12-7-5-4-6-11(12)18-3/h4-7H,9H2,1-3H3. The summed E-state index contributed by atoms with van der Waals surface area (Å²) in [6.45, 7) is 0.128. The largest absolute Gasteiger partial charge is 0.493 e. The Hall–Kier alpha value is -2.68. The number of methoxy groups -OCH3 is 1. The highest BCUT2D eigenvalue weighted by Crippen LogP contribution is 2.27. The van der Waals surface area contributed by atoms with Crippen LogP contribution >= 0.6 is 0 Å². The van der Waals surface area contributed by atoms with Crippen LogP contribution in [-0.4, -0.2) is 26.2 Å². The van der Waals surface area contributed by atoms with Crippen molar-refractivity contribution in [2.75, 3.05) is 26.1 Å². The van der Waals surface area contributed by atoms with Crippen molar-refractivity contribution >= 4 is 5.88 Å². The molecule has 0 unspecified atom stereocenters. The van der Waals surface area contributed by atoms with E-state index in [4.69, 9.17) is 19.2 Å². The molecular weight excluding hydrogens is 258 g/mol. The second-order valence-corrected chi connectivity index (χ2v) is 4.21. The van der Waals surface area contributed by atoms with Gasteiger partial charge in [0.1, 0.15) is 6.07 Å². The summed E-state index contributed by atoms with van der Waals surface area (Å²) in [5, 5.41) is 8.99. The van der Waals surface area contributed by atoms with E-state index in [1.807, 2.05) is 18.2 Å². The molecule has 0 bridgehead atoms. The van der Waals surface area contributed by atoms with E-state index in [0.29, 0.717) is 23.3 Å². The number of para-hydroxylation sites is 2. The summed E-state index contributed by atoms with van der Waals surface area (Å²) in [7, 11) is 5.14. The summed E-state index contributed by atoms with van der Waals surface area (Å²) in [5.41, 5.74) is 0.244. The first-order valence-electron chi connectivity index (χ1n) is 5.98. The molecule has 0 saturated carbocycles. The van der Waals surface area contributed by atoms with Crippen LogP contribution in [0.15, 0.2) is 28.7 Å². The highest BCUT2D eigenvalue weighted by Gasteiger charge is 2.15. The molecule has 0 N–H and O–H groups in total. The molecule has 0 atom stereocenters. The summed E-state index contributed by atoms with van der Waals surface area (Å²) < 4.78 is 16.3. The lowest BCUT2D eigenvalue weighted by molar-refractivity contribution is 0.251. The predicted octanol–water partition coefficient (Wildman–Crippen LogP) is 2.20.